The second-order valence-electron chi connectivity index (χ2n) is 6.63. The Kier molecular flexibility index (Phi) is 8.70. The van der Waals surface area contributed by atoms with Crippen molar-refractivity contribution < 1.29 is 18.4 Å². The van der Waals surface area contributed by atoms with Gasteiger partial charge in [-0.25, -0.2) is 18.5 Å². The third kappa shape index (κ3) is 6.48. The third-order valence-electron chi connectivity index (χ3n) is 4.58. The summed E-state index contributed by atoms with van der Waals surface area (Å²) in [4.78, 5) is 17.2. The molecule has 0 bridgehead atoms. The molecule has 1 fully saturated rings. The molecule has 28 heavy (non-hydrogen) atoms. The lowest BCUT2D eigenvalue weighted by atomic mass is 10.2. The average Bonchev–Trinajstić information content (AvgIpc) is 2.73. The van der Waals surface area contributed by atoms with Crippen LogP contribution in [0, 0.1) is 11.8 Å². The van der Waals surface area contributed by atoms with E-state index in [1.54, 1.807) is 6.20 Å². The fourth-order valence-corrected chi connectivity index (χ4v) is 4.52. The summed E-state index contributed by atoms with van der Waals surface area (Å²) in [5.74, 6) is 6.00. The van der Waals surface area contributed by atoms with Crippen molar-refractivity contribution in [1.29, 1.82) is 0 Å². The molecule has 0 saturated carbocycles. The van der Waals surface area contributed by atoms with E-state index in [1.807, 2.05) is 23.1 Å². The van der Waals surface area contributed by atoms with Crippen LogP contribution in [-0.4, -0.2) is 72.4 Å². The Hall–Kier alpha value is -2.15. The molecule has 1 aliphatic rings. The zero-order chi connectivity index (χ0) is 20.4. The fourth-order valence-electron chi connectivity index (χ4n) is 2.95. The lowest BCUT2D eigenvalue weighted by molar-refractivity contribution is -0.153. The normalized spacial score (nSPS) is 16.1. The molecule has 2 heterocycles. The first kappa shape index (κ1) is 22.1. The van der Waals surface area contributed by atoms with Gasteiger partial charge >= 0.3 is 0 Å². The van der Waals surface area contributed by atoms with E-state index >= 15 is 0 Å². The van der Waals surface area contributed by atoms with Crippen molar-refractivity contribution in [1.82, 2.24) is 14.4 Å². The molecule has 1 aromatic heterocycles. The molecule has 1 aromatic rings. The number of piperazine rings is 1. The van der Waals surface area contributed by atoms with Crippen molar-refractivity contribution >= 4 is 22.3 Å². The van der Waals surface area contributed by atoms with E-state index in [0.29, 0.717) is 37.7 Å². The van der Waals surface area contributed by atoms with Gasteiger partial charge in [-0.3, -0.25) is 10.0 Å². The first-order valence-corrected chi connectivity index (χ1v) is 11.1. The van der Waals surface area contributed by atoms with Gasteiger partial charge in [0.25, 0.3) is 0 Å². The van der Waals surface area contributed by atoms with Crippen LogP contribution in [0.1, 0.15) is 32.6 Å². The minimum atomic E-state index is -3.67. The molecule has 0 spiro atoms. The molecule has 1 unspecified atom stereocenters. The van der Waals surface area contributed by atoms with E-state index in [4.69, 9.17) is 0 Å². The molecule has 1 amide bonds. The number of carbonyl (C=O) groups excluding carboxylic acids is 1. The summed E-state index contributed by atoms with van der Waals surface area (Å²) in [6, 6.07) is 4.55. The van der Waals surface area contributed by atoms with Gasteiger partial charge in [0, 0.05) is 38.8 Å². The number of carbonyl (C=O) groups is 1. The number of pyridine rings is 1. The molecular formula is C19H28N4O4S. The summed E-state index contributed by atoms with van der Waals surface area (Å²) >= 11 is 0. The number of aromatic nitrogens is 1. The molecule has 0 radical (unpaired) electrons. The number of hydrogen-bond acceptors (Lipinski definition) is 6. The number of unbranched alkanes of at least 4 members (excludes halogenated alkanes) is 3. The molecule has 1 aliphatic heterocycles. The van der Waals surface area contributed by atoms with Crippen molar-refractivity contribution in [3.63, 3.8) is 0 Å². The van der Waals surface area contributed by atoms with Crippen LogP contribution < -0.4 is 4.90 Å². The quantitative estimate of drug-likeness (QED) is 0.218. The van der Waals surface area contributed by atoms with Crippen LogP contribution in [0.5, 0.6) is 0 Å². The third-order valence-corrected chi connectivity index (χ3v) is 6.46. The molecular weight excluding hydrogens is 380 g/mol. The largest absolute Gasteiger partial charge is 0.354 e. The summed E-state index contributed by atoms with van der Waals surface area (Å²) in [6.07, 6.45) is 5.52. The maximum atomic E-state index is 12.8. The van der Waals surface area contributed by atoms with Crippen molar-refractivity contribution in [2.45, 2.75) is 38.6 Å². The van der Waals surface area contributed by atoms with Gasteiger partial charge in [0.2, 0.25) is 16.4 Å². The average molecular weight is 409 g/mol. The van der Waals surface area contributed by atoms with Crippen LogP contribution in [0.15, 0.2) is 24.4 Å². The predicted molar refractivity (Wildman–Crippen MR) is 107 cm³/mol. The molecule has 8 nitrogen and oxygen atoms in total. The Morgan fingerprint density at radius 1 is 1.29 bits per heavy atom. The number of hydrogen-bond donors (Lipinski definition) is 1. The SMILES string of the molecule is CCCCCC#CC(CS(=O)(=O)N1CCN(c2ccccn2)CC1)N(O)C=O. The van der Waals surface area contributed by atoms with Crippen LogP contribution in [0.4, 0.5) is 5.82 Å². The molecule has 9 heteroatoms. The summed E-state index contributed by atoms with van der Waals surface area (Å²) in [7, 11) is -3.67. The number of hydroxylamine groups is 2. The van der Waals surface area contributed by atoms with Gasteiger partial charge < -0.3 is 4.90 Å². The highest BCUT2D eigenvalue weighted by Crippen LogP contribution is 2.15. The van der Waals surface area contributed by atoms with E-state index in [9.17, 15) is 18.4 Å². The zero-order valence-corrected chi connectivity index (χ0v) is 17.0. The maximum absolute atomic E-state index is 12.8. The second kappa shape index (κ2) is 11.0. The molecule has 2 rings (SSSR count). The fraction of sp³-hybridized carbons (Fsp3) is 0.579. The van der Waals surface area contributed by atoms with E-state index in [2.05, 4.69) is 23.7 Å². The maximum Gasteiger partial charge on any atom is 0.234 e. The van der Waals surface area contributed by atoms with E-state index in [1.165, 1.54) is 4.31 Å². The van der Waals surface area contributed by atoms with Gasteiger partial charge in [-0.1, -0.05) is 31.8 Å². The zero-order valence-electron chi connectivity index (χ0n) is 16.2. The first-order chi connectivity index (χ1) is 13.5. The Labute approximate surface area is 167 Å². The van der Waals surface area contributed by atoms with E-state index in [-0.39, 0.29) is 6.41 Å². The summed E-state index contributed by atoms with van der Waals surface area (Å²) in [5, 5.41) is 10.1. The van der Waals surface area contributed by atoms with Gasteiger partial charge in [-0.2, -0.15) is 4.31 Å². The molecule has 1 N–H and O–H groups in total. The number of amides is 1. The highest BCUT2D eigenvalue weighted by atomic mass is 32.2. The Balaban J connectivity index is 1.97. The summed E-state index contributed by atoms with van der Waals surface area (Å²) in [5.41, 5.74) is 0. The Bertz CT molecular complexity index is 768. The summed E-state index contributed by atoms with van der Waals surface area (Å²) in [6.45, 7) is 3.78. The predicted octanol–water partition coefficient (Wildman–Crippen LogP) is 1.33. The van der Waals surface area contributed by atoms with Gasteiger partial charge in [-0.05, 0) is 18.6 Å². The smallest absolute Gasteiger partial charge is 0.234 e. The highest BCUT2D eigenvalue weighted by Gasteiger charge is 2.31. The van der Waals surface area contributed by atoms with Crippen molar-refractivity contribution in [2.75, 3.05) is 36.8 Å². The van der Waals surface area contributed by atoms with Crippen molar-refractivity contribution in [2.24, 2.45) is 0 Å². The highest BCUT2D eigenvalue weighted by molar-refractivity contribution is 7.89. The number of nitrogens with zero attached hydrogens (tertiary/aromatic N) is 4. The minimum absolute atomic E-state index is 0.194. The number of sulfonamides is 1. The monoisotopic (exact) mass is 408 g/mol. The van der Waals surface area contributed by atoms with Crippen molar-refractivity contribution in [3.8, 4) is 11.8 Å². The van der Waals surface area contributed by atoms with Gasteiger partial charge in [0.1, 0.15) is 11.9 Å². The van der Waals surface area contributed by atoms with Crippen LogP contribution >= 0.6 is 0 Å². The molecule has 154 valence electrons. The van der Waals surface area contributed by atoms with E-state index in [0.717, 1.165) is 25.1 Å². The summed E-state index contributed by atoms with van der Waals surface area (Å²) < 4.78 is 26.9. The Morgan fingerprint density at radius 3 is 2.64 bits per heavy atom. The number of rotatable bonds is 9. The first-order valence-electron chi connectivity index (χ1n) is 9.52. The second-order valence-corrected chi connectivity index (χ2v) is 8.65. The molecule has 1 atom stereocenters. The molecule has 0 aliphatic carbocycles. The number of anilines is 1. The van der Waals surface area contributed by atoms with Gasteiger partial charge in [0.15, 0.2) is 0 Å². The van der Waals surface area contributed by atoms with Crippen LogP contribution in [0.25, 0.3) is 0 Å². The lowest BCUT2D eigenvalue weighted by Crippen LogP contribution is -2.51. The van der Waals surface area contributed by atoms with Crippen LogP contribution in [0.3, 0.4) is 0 Å². The van der Waals surface area contributed by atoms with Gasteiger partial charge in [0.05, 0.1) is 5.75 Å². The topological polar surface area (TPSA) is 94.1 Å². The van der Waals surface area contributed by atoms with Gasteiger partial charge in [-0.15, -0.1) is 5.92 Å². The van der Waals surface area contributed by atoms with Crippen LogP contribution in [0.2, 0.25) is 0 Å². The molecule has 1 saturated heterocycles. The van der Waals surface area contributed by atoms with Crippen molar-refractivity contribution in [3.05, 3.63) is 24.4 Å². The van der Waals surface area contributed by atoms with Crippen LogP contribution in [-0.2, 0) is 14.8 Å². The van der Waals surface area contributed by atoms with E-state index < -0.39 is 21.8 Å². The molecule has 0 aromatic carbocycles. The lowest BCUT2D eigenvalue weighted by Gasteiger charge is -2.35. The standard InChI is InChI=1S/C19H28N4O4S/c1-2-3-4-5-6-9-18(23(25)17-24)16-28(26,27)22-14-12-21(13-15-22)19-10-7-8-11-20-19/h7-8,10-11,17-18,25H,2-5,12-16H2,1H3. The Morgan fingerprint density at radius 2 is 2.04 bits per heavy atom. The minimum Gasteiger partial charge on any atom is -0.354 e.